The lowest BCUT2D eigenvalue weighted by Crippen LogP contribution is -2.29. The molecular weight excluding hydrogens is 751 g/mol. The first-order chi connectivity index (χ1) is 27.4. The molecule has 0 aromatic heterocycles. The van der Waals surface area contributed by atoms with E-state index >= 15 is 0 Å². The van der Waals surface area contributed by atoms with Crippen LogP contribution >= 0.6 is 7.82 Å². The van der Waals surface area contributed by atoms with E-state index in [1.54, 1.807) is 30.4 Å². The van der Waals surface area contributed by atoms with E-state index in [0.29, 0.717) is 32.1 Å². The summed E-state index contributed by atoms with van der Waals surface area (Å²) in [5.41, 5.74) is 0. The molecular formula is C44H75O12P. The van der Waals surface area contributed by atoms with Crippen molar-refractivity contribution in [2.24, 2.45) is 5.92 Å². The van der Waals surface area contributed by atoms with Gasteiger partial charge >= 0.3 is 19.8 Å². The maximum atomic E-state index is 12.6. The van der Waals surface area contributed by atoms with Gasteiger partial charge in [0.25, 0.3) is 0 Å². The van der Waals surface area contributed by atoms with Crippen LogP contribution in [-0.2, 0) is 32.7 Å². The summed E-state index contributed by atoms with van der Waals surface area (Å²) >= 11 is 0. The third-order valence-electron chi connectivity index (χ3n) is 8.48. The highest BCUT2D eigenvalue weighted by atomic mass is 31.2. The monoisotopic (exact) mass is 826 g/mol. The predicted molar refractivity (Wildman–Crippen MR) is 226 cm³/mol. The van der Waals surface area contributed by atoms with Crippen molar-refractivity contribution >= 4 is 19.8 Å². The highest BCUT2D eigenvalue weighted by molar-refractivity contribution is 7.47. The van der Waals surface area contributed by atoms with Gasteiger partial charge in [0.15, 0.2) is 6.10 Å². The van der Waals surface area contributed by atoms with E-state index in [9.17, 15) is 34.4 Å². The molecule has 12 nitrogen and oxygen atoms in total. The standard InChI is InChI=1S/C44H75O12P/c1-4-5-20-28-39(46)29-22-16-12-10-13-17-23-30-40(47)31-24-19-26-32-43(49)53-36-42(37-55-57(51,52)54-35-41(48)34-45)56-44(50)33-25-18-14-9-7-6-8-11-15-21-27-38(2)3/h5,12-13,16-17,20,22-24,29-31,38-42,45-48H,4,6-11,14-15,18-19,21,25-28,32-37H2,1-3H3,(H,51,52)/b16-12-,17-13-,20-5-,29-22+,30-23+,31-24-/t39-,40-,41+,42-/m1/s1. The molecule has 0 aliphatic heterocycles. The van der Waals surface area contributed by atoms with Crippen LogP contribution in [0, 0.1) is 5.92 Å². The van der Waals surface area contributed by atoms with Gasteiger partial charge in [0, 0.05) is 12.8 Å². The second kappa shape index (κ2) is 37.6. The number of allylic oxidation sites excluding steroid dienone is 8. The number of ether oxygens (including phenoxy) is 2. The summed E-state index contributed by atoms with van der Waals surface area (Å²) in [6.45, 7) is 4.24. The topological polar surface area (TPSA) is 189 Å². The zero-order valence-electron chi connectivity index (χ0n) is 34.9. The molecule has 328 valence electrons. The fraction of sp³-hybridized carbons (Fsp3) is 0.682. The molecule has 0 aromatic rings. The van der Waals surface area contributed by atoms with Gasteiger partial charge in [-0.2, -0.15) is 0 Å². The van der Waals surface area contributed by atoms with Gasteiger partial charge in [-0.25, -0.2) is 4.57 Å². The van der Waals surface area contributed by atoms with Gasteiger partial charge in [-0.3, -0.25) is 18.6 Å². The van der Waals surface area contributed by atoms with E-state index in [-0.39, 0.29) is 12.8 Å². The molecule has 1 unspecified atom stereocenters. The summed E-state index contributed by atoms with van der Waals surface area (Å²) in [4.78, 5) is 34.9. The molecule has 0 bridgehead atoms. The largest absolute Gasteiger partial charge is 0.472 e. The van der Waals surface area contributed by atoms with Crippen LogP contribution in [0.5, 0.6) is 0 Å². The van der Waals surface area contributed by atoms with Crippen LogP contribution in [0.3, 0.4) is 0 Å². The average molecular weight is 827 g/mol. The van der Waals surface area contributed by atoms with E-state index in [2.05, 4.69) is 18.4 Å². The zero-order valence-corrected chi connectivity index (χ0v) is 35.8. The van der Waals surface area contributed by atoms with Crippen molar-refractivity contribution in [2.45, 2.75) is 161 Å². The normalized spacial score (nSPS) is 15.8. The van der Waals surface area contributed by atoms with E-state index in [1.165, 1.54) is 44.9 Å². The fourth-order valence-electron chi connectivity index (χ4n) is 5.21. The molecule has 0 aliphatic carbocycles. The van der Waals surface area contributed by atoms with Gasteiger partial charge in [0.05, 0.1) is 32.0 Å². The number of aliphatic hydroxyl groups excluding tert-OH is 4. The number of phosphoric ester groups is 1. The van der Waals surface area contributed by atoms with Crippen molar-refractivity contribution in [1.29, 1.82) is 0 Å². The third kappa shape index (κ3) is 38.6. The first-order valence-electron chi connectivity index (χ1n) is 21.0. The van der Waals surface area contributed by atoms with Crippen molar-refractivity contribution in [3.63, 3.8) is 0 Å². The van der Waals surface area contributed by atoms with Gasteiger partial charge in [-0.15, -0.1) is 0 Å². The van der Waals surface area contributed by atoms with E-state index in [4.69, 9.17) is 19.1 Å². The van der Waals surface area contributed by atoms with Crippen molar-refractivity contribution in [3.8, 4) is 0 Å². The molecule has 0 saturated carbocycles. The molecule has 0 spiro atoms. The molecule has 0 rings (SSSR count). The molecule has 0 radical (unpaired) electrons. The Morgan fingerprint density at radius 3 is 1.89 bits per heavy atom. The third-order valence-corrected chi connectivity index (χ3v) is 9.43. The van der Waals surface area contributed by atoms with E-state index in [1.807, 2.05) is 49.5 Å². The van der Waals surface area contributed by atoms with Crippen LogP contribution in [0.15, 0.2) is 72.9 Å². The van der Waals surface area contributed by atoms with Gasteiger partial charge in [0.1, 0.15) is 12.7 Å². The maximum absolute atomic E-state index is 12.6. The fourth-order valence-corrected chi connectivity index (χ4v) is 6.00. The van der Waals surface area contributed by atoms with Crippen LogP contribution in [0.4, 0.5) is 0 Å². The Morgan fingerprint density at radius 2 is 1.26 bits per heavy atom. The molecule has 5 N–H and O–H groups in total. The Labute approximate surface area is 343 Å². The van der Waals surface area contributed by atoms with Gasteiger partial charge in [0.2, 0.25) is 0 Å². The number of phosphoric acid groups is 1. The minimum Gasteiger partial charge on any atom is -0.462 e. The van der Waals surface area contributed by atoms with Crippen LogP contribution in [0.1, 0.15) is 136 Å². The molecule has 0 heterocycles. The molecule has 13 heteroatoms. The minimum atomic E-state index is -4.67. The molecule has 57 heavy (non-hydrogen) atoms. The summed E-state index contributed by atoms with van der Waals surface area (Å²) in [6.07, 6.45) is 33.9. The lowest BCUT2D eigenvalue weighted by molar-refractivity contribution is -0.161. The lowest BCUT2D eigenvalue weighted by Gasteiger charge is -2.20. The number of unbranched alkanes of at least 4 members (excludes halogenated alkanes) is 10. The van der Waals surface area contributed by atoms with Crippen LogP contribution in [-0.4, -0.2) is 88.1 Å². The molecule has 0 aliphatic rings. The Hall–Kier alpha value is -2.67. The number of carbonyl (C=O) groups excluding carboxylic acids is 2. The van der Waals surface area contributed by atoms with Gasteiger partial charge < -0.3 is 34.8 Å². The zero-order chi connectivity index (χ0) is 42.4. The number of esters is 2. The van der Waals surface area contributed by atoms with Gasteiger partial charge in [-0.05, 0) is 44.4 Å². The van der Waals surface area contributed by atoms with Crippen molar-refractivity contribution in [2.75, 3.05) is 26.4 Å². The summed E-state index contributed by atoms with van der Waals surface area (Å²) in [5, 5.41) is 38.3. The molecule has 0 amide bonds. The first kappa shape index (κ1) is 54.3. The Morgan fingerprint density at radius 1 is 0.667 bits per heavy atom. The number of hydrogen-bond donors (Lipinski definition) is 5. The van der Waals surface area contributed by atoms with Crippen molar-refractivity contribution in [3.05, 3.63) is 72.9 Å². The van der Waals surface area contributed by atoms with Crippen molar-refractivity contribution < 1.29 is 58.0 Å². The summed E-state index contributed by atoms with van der Waals surface area (Å²) < 4.78 is 32.5. The highest BCUT2D eigenvalue weighted by Gasteiger charge is 2.27. The smallest absolute Gasteiger partial charge is 0.462 e. The number of aliphatic hydroxyl groups is 4. The van der Waals surface area contributed by atoms with Crippen LogP contribution in [0.25, 0.3) is 0 Å². The summed E-state index contributed by atoms with van der Waals surface area (Å²) in [7, 11) is -4.67. The molecule has 5 atom stereocenters. The van der Waals surface area contributed by atoms with Crippen molar-refractivity contribution in [1.82, 2.24) is 0 Å². The lowest BCUT2D eigenvalue weighted by atomic mass is 10.0. The van der Waals surface area contributed by atoms with E-state index in [0.717, 1.165) is 31.6 Å². The highest BCUT2D eigenvalue weighted by Crippen LogP contribution is 2.43. The van der Waals surface area contributed by atoms with E-state index < -0.39 is 70.6 Å². The van der Waals surface area contributed by atoms with Gasteiger partial charge in [-0.1, -0.05) is 158 Å². The quantitative estimate of drug-likeness (QED) is 0.0132. The minimum absolute atomic E-state index is 0.0525. The summed E-state index contributed by atoms with van der Waals surface area (Å²) in [5.74, 6) is -0.345. The maximum Gasteiger partial charge on any atom is 0.472 e. The Bertz CT molecular complexity index is 1230. The Kier molecular flexibility index (Phi) is 35.8. The number of rotatable bonds is 37. The number of carbonyl (C=O) groups is 2. The molecule has 0 aromatic carbocycles. The second-order valence-electron chi connectivity index (χ2n) is 14.5. The number of hydrogen-bond acceptors (Lipinski definition) is 11. The molecule has 0 fully saturated rings. The average Bonchev–Trinajstić information content (AvgIpc) is 3.17. The second-order valence-corrected chi connectivity index (χ2v) is 16.0. The summed E-state index contributed by atoms with van der Waals surface area (Å²) in [6, 6.07) is 0. The Balaban J connectivity index is 4.57. The first-order valence-corrected chi connectivity index (χ1v) is 22.5. The molecule has 0 saturated heterocycles. The van der Waals surface area contributed by atoms with Crippen LogP contribution in [0.2, 0.25) is 0 Å². The SMILES string of the molecule is CC/C=C\C[C@@H](O)/C=C/C=C\C/C=C\C=C\[C@@H](O)/C=C\CCCC(=O)OC[C@H](COP(=O)(O)OC[C@@H](O)CO)OC(=O)CCCCCCCCCCCCC(C)C. The van der Waals surface area contributed by atoms with Crippen LogP contribution < -0.4 is 0 Å². The predicted octanol–water partition coefficient (Wildman–Crippen LogP) is 8.68.